The monoisotopic (exact) mass is 285 g/mol. The quantitative estimate of drug-likeness (QED) is 0.883. The molecule has 1 heterocycles. The van der Waals surface area contributed by atoms with Gasteiger partial charge in [-0.05, 0) is 62.2 Å². The summed E-state index contributed by atoms with van der Waals surface area (Å²) >= 11 is 1.94. The van der Waals surface area contributed by atoms with E-state index >= 15 is 0 Å². The van der Waals surface area contributed by atoms with E-state index in [1.165, 1.54) is 30.4 Å². The van der Waals surface area contributed by atoms with E-state index in [0.29, 0.717) is 12.0 Å². The second-order valence-electron chi connectivity index (χ2n) is 5.88. The third-order valence-corrected chi connectivity index (χ3v) is 5.53. The van der Waals surface area contributed by atoms with Crippen LogP contribution in [-0.4, -0.2) is 13.1 Å². The molecular weight excluding hydrogens is 262 g/mol. The lowest BCUT2D eigenvalue weighted by atomic mass is 9.80. The minimum Gasteiger partial charge on any atom is -0.316 e. The smallest absolute Gasteiger partial charge is 0.0174 e. The van der Waals surface area contributed by atoms with Crippen LogP contribution in [0.1, 0.15) is 40.3 Å². The summed E-state index contributed by atoms with van der Waals surface area (Å²) in [5.74, 6) is 0.677. The second-order valence-corrected chi connectivity index (χ2v) is 6.88. The standard InChI is InChI=1S/C18H23NS/c1-13-6-8-14(9-7-13)12-17(19-2)15-4-3-5-18-16(15)10-11-20-18/h6-11,15,17,19H,3-5,12H2,1-2H3. The van der Waals surface area contributed by atoms with Gasteiger partial charge in [-0.25, -0.2) is 0 Å². The molecule has 106 valence electrons. The molecule has 2 atom stereocenters. The Labute approximate surface area is 126 Å². The Morgan fingerprint density at radius 1 is 1.25 bits per heavy atom. The highest BCUT2D eigenvalue weighted by atomic mass is 32.1. The molecule has 0 fully saturated rings. The van der Waals surface area contributed by atoms with E-state index in [9.17, 15) is 0 Å². The van der Waals surface area contributed by atoms with Crippen molar-refractivity contribution in [3.63, 3.8) is 0 Å². The van der Waals surface area contributed by atoms with Crippen molar-refractivity contribution in [2.24, 2.45) is 0 Å². The van der Waals surface area contributed by atoms with Crippen LogP contribution in [0.25, 0.3) is 0 Å². The Bertz CT molecular complexity index is 555. The molecule has 3 rings (SSSR count). The number of hydrogen-bond acceptors (Lipinski definition) is 2. The molecule has 0 amide bonds. The molecule has 2 aromatic rings. The molecule has 1 aromatic heterocycles. The van der Waals surface area contributed by atoms with Crippen molar-refractivity contribution < 1.29 is 0 Å². The Morgan fingerprint density at radius 3 is 2.80 bits per heavy atom. The predicted octanol–water partition coefficient (Wildman–Crippen LogP) is 4.31. The van der Waals surface area contributed by atoms with Gasteiger partial charge < -0.3 is 5.32 Å². The Morgan fingerprint density at radius 2 is 2.05 bits per heavy atom. The summed E-state index contributed by atoms with van der Waals surface area (Å²) in [7, 11) is 2.11. The highest BCUT2D eigenvalue weighted by molar-refractivity contribution is 7.10. The maximum absolute atomic E-state index is 3.57. The minimum absolute atomic E-state index is 0.548. The van der Waals surface area contributed by atoms with Crippen LogP contribution in [0.4, 0.5) is 0 Å². The molecule has 1 nitrogen and oxygen atoms in total. The molecule has 1 aliphatic rings. The van der Waals surface area contributed by atoms with Crippen molar-refractivity contribution in [2.45, 2.75) is 44.6 Å². The molecule has 1 N–H and O–H groups in total. The number of fused-ring (bicyclic) bond motifs is 1. The number of rotatable bonds is 4. The largest absolute Gasteiger partial charge is 0.316 e. The lowest BCUT2D eigenvalue weighted by Gasteiger charge is -2.30. The molecule has 0 saturated carbocycles. The van der Waals surface area contributed by atoms with Gasteiger partial charge in [-0.15, -0.1) is 11.3 Å². The van der Waals surface area contributed by atoms with Crippen LogP contribution in [0.2, 0.25) is 0 Å². The number of thiophene rings is 1. The van der Waals surface area contributed by atoms with Crippen molar-refractivity contribution in [2.75, 3.05) is 7.05 Å². The zero-order valence-electron chi connectivity index (χ0n) is 12.4. The molecule has 0 saturated heterocycles. The molecule has 1 aromatic carbocycles. The van der Waals surface area contributed by atoms with Gasteiger partial charge in [-0.2, -0.15) is 0 Å². The Kier molecular flexibility index (Phi) is 4.23. The van der Waals surface area contributed by atoms with Crippen LogP contribution in [0.5, 0.6) is 0 Å². The van der Waals surface area contributed by atoms with E-state index in [4.69, 9.17) is 0 Å². The van der Waals surface area contributed by atoms with E-state index in [2.05, 4.69) is 55.0 Å². The van der Waals surface area contributed by atoms with Gasteiger partial charge in [-0.3, -0.25) is 0 Å². The third kappa shape index (κ3) is 2.82. The maximum atomic E-state index is 3.57. The fraction of sp³-hybridized carbons (Fsp3) is 0.444. The first-order valence-corrected chi connectivity index (χ1v) is 8.45. The molecule has 20 heavy (non-hydrogen) atoms. The van der Waals surface area contributed by atoms with Crippen LogP contribution in [-0.2, 0) is 12.8 Å². The summed E-state index contributed by atoms with van der Waals surface area (Å²) < 4.78 is 0. The van der Waals surface area contributed by atoms with Crippen molar-refractivity contribution in [1.82, 2.24) is 5.32 Å². The summed E-state index contributed by atoms with van der Waals surface area (Å²) in [4.78, 5) is 1.62. The normalized spacial score (nSPS) is 19.6. The molecule has 0 aliphatic heterocycles. The van der Waals surface area contributed by atoms with E-state index < -0.39 is 0 Å². The molecular formula is C18H23NS. The molecule has 0 spiro atoms. The lowest BCUT2D eigenvalue weighted by molar-refractivity contribution is 0.414. The van der Waals surface area contributed by atoms with Gasteiger partial charge in [0.1, 0.15) is 0 Å². The number of aryl methyl sites for hydroxylation is 2. The second kappa shape index (κ2) is 6.11. The van der Waals surface area contributed by atoms with Gasteiger partial charge in [0.25, 0.3) is 0 Å². The van der Waals surface area contributed by atoms with Crippen LogP contribution in [0, 0.1) is 6.92 Å². The summed E-state index contributed by atoms with van der Waals surface area (Å²) in [5, 5.41) is 5.84. The van der Waals surface area contributed by atoms with Gasteiger partial charge in [0, 0.05) is 16.8 Å². The van der Waals surface area contributed by atoms with E-state index in [1.807, 2.05) is 11.3 Å². The number of hydrogen-bond donors (Lipinski definition) is 1. The van der Waals surface area contributed by atoms with Gasteiger partial charge in [-0.1, -0.05) is 29.8 Å². The number of likely N-dealkylation sites (N-methyl/N-ethyl adjacent to an activating group) is 1. The molecule has 0 bridgehead atoms. The van der Waals surface area contributed by atoms with Crippen molar-refractivity contribution in [3.8, 4) is 0 Å². The van der Waals surface area contributed by atoms with Crippen molar-refractivity contribution in [3.05, 3.63) is 57.3 Å². The summed E-state index contributed by atoms with van der Waals surface area (Å²) in [6, 6.07) is 11.9. The van der Waals surface area contributed by atoms with Gasteiger partial charge in [0.2, 0.25) is 0 Å². The lowest BCUT2D eigenvalue weighted by Crippen LogP contribution is -2.35. The van der Waals surface area contributed by atoms with Gasteiger partial charge in [0.15, 0.2) is 0 Å². The number of nitrogens with one attached hydrogen (secondary N) is 1. The zero-order chi connectivity index (χ0) is 13.9. The Hall–Kier alpha value is -1.12. The van der Waals surface area contributed by atoms with E-state index in [0.717, 1.165) is 6.42 Å². The first kappa shape index (κ1) is 13.8. The van der Waals surface area contributed by atoms with Crippen molar-refractivity contribution in [1.29, 1.82) is 0 Å². The molecule has 0 radical (unpaired) electrons. The van der Waals surface area contributed by atoms with Crippen LogP contribution in [0.3, 0.4) is 0 Å². The SMILES string of the molecule is CNC(Cc1ccc(C)cc1)C1CCCc2sccc21. The zero-order valence-corrected chi connectivity index (χ0v) is 13.2. The van der Waals surface area contributed by atoms with Crippen molar-refractivity contribution >= 4 is 11.3 Å². The first-order chi connectivity index (χ1) is 9.78. The predicted molar refractivity (Wildman–Crippen MR) is 87.7 cm³/mol. The first-order valence-electron chi connectivity index (χ1n) is 7.57. The van der Waals surface area contributed by atoms with Gasteiger partial charge in [0.05, 0.1) is 0 Å². The minimum atomic E-state index is 0.548. The topological polar surface area (TPSA) is 12.0 Å². The average Bonchev–Trinajstić information content (AvgIpc) is 2.95. The third-order valence-electron chi connectivity index (χ3n) is 4.53. The van der Waals surface area contributed by atoms with Gasteiger partial charge >= 0.3 is 0 Å². The van der Waals surface area contributed by atoms with E-state index in [-0.39, 0.29) is 0 Å². The van der Waals surface area contributed by atoms with E-state index in [1.54, 1.807) is 10.4 Å². The summed E-state index contributed by atoms with van der Waals surface area (Å²) in [6.45, 7) is 2.15. The fourth-order valence-corrected chi connectivity index (χ4v) is 4.36. The number of benzene rings is 1. The summed E-state index contributed by atoms with van der Waals surface area (Å²) in [6.07, 6.45) is 5.06. The van der Waals surface area contributed by atoms with Crippen LogP contribution in [0.15, 0.2) is 35.7 Å². The highest BCUT2D eigenvalue weighted by Gasteiger charge is 2.27. The van der Waals surface area contributed by atoms with Crippen LogP contribution < -0.4 is 5.32 Å². The maximum Gasteiger partial charge on any atom is 0.0174 e. The summed E-state index contributed by atoms with van der Waals surface area (Å²) in [5.41, 5.74) is 4.39. The molecule has 2 unspecified atom stereocenters. The van der Waals surface area contributed by atoms with Crippen LogP contribution >= 0.6 is 11.3 Å². The average molecular weight is 285 g/mol. The fourth-order valence-electron chi connectivity index (χ4n) is 3.36. The molecule has 2 heteroatoms. The Balaban J connectivity index is 1.79. The molecule has 1 aliphatic carbocycles. The highest BCUT2D eigenvalue weighted by Crippen LogP contribution is 2.37.